The maximum absolute atomic E-state index is 14.3. The molecular weight excluding hydrogens is 598 g/mol. The van der Waals surface area contributed by atoms with E-state index in [1.54, 1.807) is 18.2 Å². The maximum Gasteiger partial charge on any atom is 0.196 e. The molecule has 1 heterocycles. The smallest absolute Gasteiger partial charge is 0.196 e. The Morgan fingerprint density at radius 1 is 0.729 bits per heavy atom. The van der Waals surface area contributed by atoms with Gasteiger partial charge in [0.1, 0.15) is 28.3 Å². The van der Waals surface area contributed by atoms with E-state index in [0.717, 1.165) is 12.1 Å². The van der Waals surface area contributed by atoms with E-state index in [0.29, 0.717) is 50.5 Å². The van der Waals surface area contributed by atoms with E-state index in [4.69, 9.17) is 14.7 Å². The Morgan fingerprint density at radius 2 is 1.38 bits per heavy atom. The number of aromatic nitrogens is 2. The summed E-state index contributed by atoms with van der Waals surface area (Å²) in [5.74, 6) is 0.596. The summed E-state index contributed by atoms with van der Waals surface area (Å²) in [6.45, 7) is 11.3. The highest BCUT2D eigenvalue weighted by atomic mass is 16.5. The molecule has 0 spiro atoms. The van der Waals surface area contributed by atoms with Crippen LogP contribution in [0.25, 0.3) is 33.5 Å². The molecule has 0 unspecified atom stereocenters. The Kier molecular flexibility index (Phi) is 7.43. The minimum absolute atomic E-state index is 0.0423. The number of hydrogen-bond donors (Lipinski definition) is 3. The molecule has 0 atom stereocenters. The summed E-state index contributed by atoms with van der Waals surface area (Å²) in [6, 6.07) is 31.3. The van der Waals surface area contributed by atoms with Gasteiger partial charge in [-0.25, -0.2) is 9.97 Å². The average Bonchev–Trinajstić information content (AvgIpc) is 3.04. The van der Waals surface area contributed by atoms with Crippen molar-refractivity contribution in [1.29, 1.82) is 0 Å². The molecular formula is C41H37N3O4. The molecule has 0 fully saturated rings. The summed E-state index contributed by atoms with van der Waals surface area (Å²) < 4.78 is 6.63. The lowest BCUT2D eigenvalue weighted by Crippen LogP contribution is -2.24. The summed E-state index contributed by atoms with van der Waals surface area (Å²) in [6.07, 6.45) is 1.01. The van der Waals surface area contributed by atoms with Crippen molar-refractivity contribution in [1.82, 2.24) is 9.97 Å². The number of hydrogen-bond acceptors (Lipinski definition) is 7. The van der Waals surface area contributed by atoms with Gasteiger partial charge >= 0.3 is 0 Å². The SMILES string of the molecule is CC(C)(C)CC(C)(C)c1ccc(Oc2cc(Nc3ccccc3)c3c4c(nc(-c5c(O)cccc5O)nc24)-c2ccccc2C3=O)cc1. The Hall–Kier alpha value is -5.69. The molecule has 1 aliphatic carbocycles. The fourth-order valence-electron chi connectivity index (χ4n) is 6.99. The van der Waals surface area contributed by atoms with Gasteiger partial charge in [-0.3, -0.25) is 4.79 Å². The van der Waals surface area contributed by atoms with Gasteiger partial charge in [0.25, 0.3) is 0 Å². The van der Waals surface area contributed by atoms with E-state index < -0.39 is 0 Å². The molecule has 7 rings (SSSR count). The first-order chi connectivity index (χ1) is 22.9. The number of phenolic OH excluding ortho intramolecular Hbond substituents is 2. The van der Waals surface area contributed by atoms with Crippen LogP contribution in [0.4, 0.5) is 11.4 Å². The molecule has 5 aromatic carbocycles. The van der Waals surface area contributed by atoms with Crippen molar-refractivity contribution in [3.8, 4) is 45.6 Å². The number of ketones is 1. The van der Waals surface area contributed by atoms with E-state index >= 15 is 0 Å². The van der Waals surface area contributed by atoms with Gasteiger partial charge in [0.15, 0.2) is 17.4 Å². The highest BCUT2D eigenvalue weighted by Crippen LogP contribution is 2.48. The molecule has 6 aromatic rings. The fraction of sp³-hybridized carbons (Fsp3) is 0.195. The van der Waals surface area contributed by atoms with Crippen molar-refractivity contribution in [2.45, 2.75) is 46.5 Å². The summed E-state index contributed by atoms with van der Waals surface area (Å²) in [5.41, 5.74) is 5.20. The quantitative estimate of drug-likeness (QED) is 0.160. The molecule has 0 amide bonds. The highest BCUT2D eigenvalue weighted by Gasteiger charge is 2.33. The van der Waals surface area contributed by atoms with Crippen LogP contribution in [-0.2, 0) is 5.41 Å². The summed E-state index contributed by atoms with van der Waals surface area (Å²) >= 11 is 0. The zero-order chi connectivity index (χ0) is 33.8. The second kappa shape index (κ2) is 11.5. The molecule has 1 aliphatic rings. The molecule has 240 valence electrons. The normalized spacial score (nSPS) is 12.6. The Bertz CT molecular complexity index is 2180. The monoisotopic (exact) mass is 635 g/mol. The van der Waals surface area contributed by atoms with Crippen LogP contribution in [0.2, 0.25) is 0 Å². The van der Waals surface area contributed by atoms with Crippen LogP contribution >= 0.6 is 0 Å². The molecule has 0 radical (unpaired) electrons. The van der Waals surface area contributed by atoms with Gasteiger partial charge in [-0.15, -0.1) is 0 Å². The molecule has 7 heteroatoms. The van der Waals surface area contributed by atoms with Crippen LogP contribution in [0.3, 0.4) is 0 Å². The number of benzene rings is 5. The number of nitrogens with zero attached hydrogens (tertiary/aromatic N) is 2. The lowest BCUT2D eigenvalue weighted by Gasteiger charge is -2.33. The average molecular weight is 636 g/mol. The second-order valence-corrected chi connectivity index (χ2v) is 14.2. The van der Waals surface area contributed by atoms with E-state index in [9.17, 15) is 15.0 Å². The summed E-state index contributed by atoms with van der Waals surface area (Å²) in [7, 11) is 0. The van der Waals surface area contributed by atoms with Gasteiger partial charge in [0.2, 0.25) is 0 Å². The van der Waals surface area contributed by atoms with Crippen LogP contribution in [0, 0.1) is 5.41 Å². The summed E-state index contributed by atoms with van der Waals surface area (Å²) in [5, 5.41) is 25.6. The topological polar surface area (TPSA) is 105 Å². The van der Waals surface area contributed by atoms with E-state index in [2.05, 4.69) is 52.1 Å². The van der Waals surface area contributed by atoms with E-state index in [-0.39, 0.29) is 39.5 Å². The van der Waals surface area contributed by atoms with Gasteiger partial charge < -0.3 is 20.3 Å². The van der Waals surface area contributed by atoms with Gasteiger partial charge in [0.05, 0.1) is 16.9 Å². The minimum Gasteiger partial charge on any atom is -0.507 e. The zero-order valence-electron chi connectivity index (χ0n) is 27.6. The molecule has 48 heavy (non-hydrogen) atoms. The van der Waals surface area contributed by atoms with Gasteiger partial charge in [-0.2, -0.15) is 0 Å². The largest absolute Gasteiger partial charge is 0.507 e. The number of carbonyl (C=O) groups is 1. The first kappa shape index (κ1) is 30.9. The van der Waals surface area contributed by atoms with Crippen molar-refractivity contribution in [3.63, 3.8) is 0 Å². The standard InChI is InChI=1S/C41H37N3O4/c1-40(2,3)23-41(4,5)24-18-20-26(21-19-24)48-32-22-29(42-25-12-7-6-8-13-25)33-35-36(27-14-9-10-15-28(27)38(33)47)43-39(44-37(32)35)34-30(45)16-11-17-31(34)46/h6-22,42,45-46H,23H2,1-5H3. The van der Waals surface area contributed by atoms with Crippen LogP contribution in [-0.4, -0.2) is 26.0 Å². The number of aromatic hydroxyl groups is 2. The fourth-order valence-corrected chi connectivity index (χ4v) is 6.99. The first-order valence-electron chi connectivity index (χ1n) is 16.0. The van der Waals surface area contributed by atoms with Gasteiger partial charge in [0, 0.05) is 28.3 Å². The number of carbonyl (C=O) groups excluding carboxylic acids is 1. The Morgan fingerprint density at radius 3 is 2.04 bits per heavy atom. The molecule has 0 bridgehead atoms. The maximum atomic E-state index is 14.3. The number of phenols is 2. The number of fused-ring (bicyclic) bond motifs is 2. The van der Waals surface area contributed by atoms with Crippen molar-refractivity contribution in [2.75, 3.05) is 5.32 Å². The lowest BCUT2D eigenvalue weighted by molar-refractivity contribution is 0.104. The summed E-state index contributed by atoms with van der Waals surface area (Å²) in [4.78, 5) is 24.0. The second-order valence-electron chi connectivity index (χ2n) is 14.2. The molecule has 0 saturated carbocycles. The van der Waals surface area contributed by atoms with Crippen molar-refractivity contribution in [2.24, 2.45) is 5.41 Å². The molecule has 0 aliphatic heterocycles. The highest BCUT2D eigenvalue weighted by molar-refractivity contribution is 6.28. The predicted molar refractivity (Wildman–Crippen MR) is 191 cm³/mol. The van der Waals surface area contributed by atoms with Gasteiger partial charge in [-0.05, 0) is 59.2 Å². The van der Waals surface area contributed by atoms with Crippen molar-refractivity contribution < 1.29 is 19.7 Å². The third-order valence-corrected chi connectivity index (χ3v) is 8.72. The number of anilines is 2. The number of ether oxygens (including phenoxy) is 1. The van der Waals surface area contributed by atoms with Crippen LogP contribution < -0.4 is 10.1 Å². The van der Waals surface area contributed by atoms with Crippen LogP contribution in [0.1, 0.15) is 62.5 Å². The Labute approximate surface area is 279 Å². The first-order valence-corrected chi connectivity index (χ1v) is 16.0. The van der Waals surface area contributed by atoms with E-state index in [1.807, 2.05) is 60.7 Å². The van der Waals surface area contributed by atoms with Gasteiger partial charge in [-0.1, -0.05) is 95.3 Å². The van der Waals surface area contributed by atoms with Crippen molar-refractivity contribution >= 4 is 28.1 Å². The number of nitrogens with one attached hydrogen (secondary N) is 1. The molecule has 7 nitrogen and oxygen atoms in total. The van der Waals surface area contributed by atoms with Crippen LogP contribution in [0.15, 0.2) is 103 Å². The molecule has 0 saturated heterocycles. The van der Waals surface area contributed by atoms with E-state index in [1.165, 1.54) is 17.7 Å². The van der Waals surface area contributed by atoms with Crippen LogP contribution in [0.5, 0.6) is 23.0 Å². The lowest BCUT2D eigenvalue weighted by atomic mass is 9.72. The Balaban J connectivity index is 1.46. The predicted octanol–water partition coefficient (Wildman–Crippen LogP) is 10.2. The van der Waals surface area contributed by atoms with Crippen molar-refractivity contribution in [3.05, 3.63) is 120 Å². The zero-order valence-corrected chi connectivity index (χ0v) is 27.6. The third-order valence-electron chi connectivity index (χ3n) is 8.72. The number of rotatable bonds is 7. The third kappa shape index (κ3) is 5.62. The molecule has 1 aromatic heterocycles. The minimum atomic E-state index is -0.166. The molecule has 3 N–H and O–H groups in total. The number of para-hydroxylation sites is 1.